The van der Waals surface area contributed by atoms with Crippen molar-refractivity contribution in [1.29, 1.82) is 0 Å². The molecule has 0 unspecified atom stereocenters. The SMILES string of the molecule is Nc1ncccc1-c1cncn1-c1cc(Br)ccc1Br. The van der Waals surface area contributed by atoms with Gasteiger partial charge in [-0.25, -0.2) is 9.97 Å². The monoisotopic (exact) mass is 392 g/mol. The first kappa shape index (κ1) is 13.3. The molecule has 0 aliphatic carbocycles. The molecule has 2 heterocycles. The summed E-state index contributed by atoms with van der Waals surface area (Å²) in [5, 5.41) is 0. The smallest absolute Gasteiger partial charge is 0.132 e. The predicted molar refractivity (Wildman–Crippen MR) is 86.6 cm³/mol. The molecule has 0 aliphatic rings. The number of nitrogen functional groups attached to an aromatic ring is 1. The number of anilines is 1. The number of benzene rings is 1. The van der Waals surface area contributed by atoms with E-state index in [2.05, 4.69) is 41.8 Å². The van der Waals surface area contributed by atoms with Crippen molar-refractivity contribution in [1.82, 2.24) is 14.5 Å². The van der Waals surface area contributed by atoms with Crippen molar-refractivity contribution in [3.8, 4) is 16.9 Å². The van der Waals surface area contributed by atoms with Gasteiger partial charge in [-0.3, -0.25) is 4.57 Å². The van der Waals surface area contributed by atoms with Gasteiger partial charge in [0.05, 0.1) is 23.9 Å². The van der Waals surface area contributed by atoms with Crippen LogP contribution in [-0.4, -0.2) is 14.5 Å². The number of hydrogen-bond acceptors (Lipinski definition) is 3. The standard InChI is InChI=1S/C14H10Br2N4/c15-9-3-4-11(16)12(6-9)20-8-18-7-13(20)10-2-1-5-19-14(10)17/h1-8H,(H2,17,19). The number of nitrogens with two attached hydrogens (primary N) is 1. The van der Waals surface area contributed by atoms with E-state index in [1.165, 1.54) is 0 Å². The van der Waals surface area contributed by atoms with Crippen LogP contribution >= 0.6 is 31.9 Å². The molecule has 2 N–H and O–H groups in total. The normalized spacial score (nSPS) is 10.7. The van der Waals surface area contributed by atoms with Gasteiger partial charge in [-0.1, -0.05) is 15.9 Å². The lowest BCUT2D eigenvalue weighted by Crippen LogP contribution is -2.00. The molecule has 0 atom stereocenters. The van der Waals surface area contributed by atoms with E-state index in [4.69, 9.17) is 5.73 Å². The fraction of sp³-hybridized carbons (Fsp3) is 0. The lowest BCUT2D eigenvalue weighted by Gasteiger charge is -2.11. The van der Waals surface area contributed by atoms with Crippen molar-refractivity contribution in [3.05, 3.63) is 58.0 Å². The average molecular weight is 394 g/mol. The molecule has 0 saturated heterocycles. The highest BCUT2D eigenvalue weighted by atomic mass is 79.9. The Morgan fingerprint density at radius 1 is 1.15 bits per heavy atom. The summed E-state index contributed by atoms with van der Waals surface area (Å²) in [6.07, 6.45) is 5.21. The summed E-state index contributed by atoms with van der Waals surface area (Å²) in [4.78, 5) is 8.36. The average Bonchev–Trinajstić information content (AvgIpc) is 2.91. The zero-order chi connectivity index (χ0) is 14.1. The topological polar surface area (TPSA) is 56.7 Å². The molecule has 0 saturated carbocycles. The van der Waals surface area contributed by atoms with Crippen LogP contribution in [0.2, 0.25) is 0 Å². The molecule has 0 amide bonds. The van der Waals surface area contributed by atoms with Crippen LogP contribution in [0.25, 0.3) is 16.9 Å². The van der Waals surface area contributed by atoms with Gasteiger partial charge in [-0.15, -0.1) is 0 Å². The Morgan fingerprint density at radius 2 is 2.00 bits per heavy atom. The highest BCUT2D eigenvalue weighted by Gasteiger charge is 2.12. The molecule has 100 valence electrons. The summed E-state index contributed by atoms with van der Waals surface area (Å²) in [5.74, 6) is 0.486. The minimum Gasteiger partial charge on any atom is -0.383 e. The van der Waals surface area contributed by atoms with Crippen LogP contribution in [-0.2, 0) is 0 Å². The van der Waals surface area contributed by atoms with Crippen LogP contribution < -0.4 is 5.73 Å². The van der Waals surface area contributed by atoms with E-state index in [1.54, 1.807) is 18.7 Å². The van der Waals surface area contributed by atoms with E-state index < -0.39 is 0 Å². The zero-order valence-corrected chi connectivity index (χ0v) is 13.5. The minimum absolute atomic E-state index is 0.486. The molecule has 20 heavy (non-hydrogen) atoms. The van der Waals surface area contributed by atoms with Gasteiger partial charge in [0.2, 0.25) is 0 Å². The number of halogens is 2. The number of hydrogen-bond donors (Lipinski definition) is 1. The molecule has 0 aliphatic heterocycles. The lowest BCUT2D eigenvalue weighted by molar-refractivity contribution is 1.05. The number of rotatable bonds is 2. The third-order valence-electron chi connectivity index (χ3n) is 2.92. The van der Waals surface area contributed by atoms with Crippen LogP contribution in [0.5, 0.6) is 0 Å². The maximum atomic E-state index is 5.95. The lowest BCUT2D eigenvalue weighted by atomic mass is 10.2. The van der Waals surface area contributed by atoms with Crippen molar-refractivity contribution in [2.24, 2.45) is 0 Å². The number of aromatic nitrogens is 3. The second kappa shape index (κ2) is 5.38. The number of pyridine rings is 1. The molecule has 2 aromatic heterocycles. The molecule has 0 fully saturated rings. The van der Waals surface area contributed by atoms with Gasteiger partial charge in [-0.05, 0) is 46.3 Å². The summed E-state index contributed by atoms with van der Waals surface area (Å²) >= 11 is 7.05. The van der Waals surface area contributed by atoms with Crippen molar-refractivity contribution in [3.63, 3.8) is 0 Å². The van der Waals surface area contributed by atoms with Crippen LogP contribution in [0.4, 0.5) is 5.82 Å². The summed E-state index contributed by atoms with van der Waals surface area (Å²) in [6, 6.07) is 9.76. The predicted octanol–water partition coefficient (Wildman–Crippen LogP) is 4.04. The van der Waals surface area contributed by atoms with Crippen LogP contribution in [0.3, 0.4) is 0 Å². The molecule has 3 aromatic rings. The summed E-state index contributed by atoms with van der Waals surface area (Å²) in [5.41, 5.74) is 8.69. The second-order valence-corrected chi connectivity index (χ2v) is 5.95. The van der Waals surface area contributed by atoms with Gasteiger partial charge in [-0.2, -0.15) is 0 Å². The molecule has 6 heteroatoms. The van der Waals surface area contributed by atoms with E-state index in [-0.39, 0.29) is 0 Å². The Balaban J connectivity index is 2.21. The van der Waals surface area contributed by atoms with Gasteiger partial charge in [0.15, 0.2) is 0 Å². The molecule has 0 bridgehead atoms. The van der Waals surface area contributed by atoms with Gasteiger partial charge in [0.25, 0.3) is 0 Å². The molecule has 0 spiro atoms. The van der Waals surface area contributed by atoms with E-state index in [9.17, 15) is 0 Å². The van der Waals surface area contributed by atoms with Crippen molar-refractivity contribution in [2.75, 3.05) is 5.73 Å². The first-order valence-corrected chi connectivity index (χ1v) is 7.44. The Morgan fingerprint density at radius 3 is 2.80 bits per heavy atom. The molecule has 0 radical (unpaired) electrons. The van der Waals surface area contributed by atoms with Gasteiger partial charge < -0.3 is 5.73 Å². The second-order valence-electron chi connectivity index (χ2n) is 4.18. The minimum atomic E-state index is 0.486. The highest BCUT2D eigenvalue weighted by molar-refractivity contribution is 9.11. The van der Waals surface area contributed by atoms with Crippen molar-refractivity contribution in [2.45, 2.75) is 0 Å². The molecular formula is C14H10Br2N4. The van der Waals surface area contributed by atoms with Crippen molar-refractivity contribution >= 4 is 37.7 Å². The number of imidazole rings is 1. The summed E-state index contributed by atoms with van der Waals surface area (Å²) in [6.45, 7) is 0. The van der Waals surface area contributed by atoms with E-state index in [0.717, 1.165) is 25.9 Å². The fourth-order valence-electron chi connectivity index (χ4n) is 1.99. The van der Waals surface area contributed by atoms with E-state index in [0.29, 0.717) is 5.82 Å². The van der Waals surface area contributed by atoms with Crippen LogP contribution in [0.1, 0.15) is 0 Å². The number of nitrogens with zero attached hydrogens (tertiary/aromatic N) is 3. The molecule has 3 rings (SSSR count). The van der Waals surface area contributed by atoms with Crippen LogP contribution in [0, 0.1) is 0 Å². The molecule has 4 nitrogen and oxygen atoms in total. The third-order valence-corrected chi connectivity index (χ3v) is 4.08. The van der Waals surface area contributed by atoms with Crippen molar-refractivity contribution < 1.29 is 0 Å². The summed E-state index contributed by atoms with van der Waals surface area (Å²) in [7, 11) is 0. The maximum absolute atomic E-state index is 5.95. The Labute approximate surface area is 132 Å². The molecule has 1 aromatic carbocycles. The van der Waals surface area contributed by atoms with E-state index >= 15 is 0 Å². The largest absolute Gasteiger partial charge is 0.383 e. The first-order valence-electron chi connectivity index (χ1n) is 5.85. The fourth-order valence-corrected chi connectivity index (χ4v) is 2.78. The Hall–Kier alpha value is -1.66. The van der Waals surface area contributed by atoms with E-state index in [1.807, 2.05) is 34.9 Å². The maximum Gasteiger partial charge on any atom is 0.132 e. The zero-order valence-electron chi connectivity index (χ0n) is 10.3. The van der Waals surface area contributed by atoms with Gasteiger partial charge in [0, 0.05) is 20.7 Å². The van der Waals surface area contributed by atoms with Crippen LogP contribution in [0.15, 0.2) is 58.0 Å². The van der Waals surface area contributed by atoms with Gasteiger partial charge in [0.1, 0.15) is 5.82 Å². The van der Waals surface area contributed by atoms with Gasteiger partial charge >= 0.3 is 0 Å². The summed E-state index contributed by atoms with van der Waals surface area (Å²) < 4.78 is 3.94. The quantitative estimate of drug-likeness (QED) is 0.714. The molecular weight excluding hydrogens is 384 g/mol. The Bertz CT molecular complexity index is 767. The Kier molecular flexibility index (Phi) is 3.58. The first-order chi connectivity index (χ1) is 9.66. The highest BCUT2D eigenvalue weighted by Crippen LogP contribution is 2.31. The third kappa shape index (κ3) is 2.36.